The van der Waals surface area contributed by atoms with Gasteiger partial charge in [0.15, 0.2) is 0 Å². The molecule has 1 aromatic rings. The van der Waals surface area contributed by atoms with Gasteiger partial charge in [-0.1, -0.05) is 13.3 Å². The van der Waals surface area contributed by atoms with Gasteiger partial charge in [0.2, 0.25) is 15.9 Å². The van der Waals surface area contributed by atoms with Crippen molar-refractivity contribution in [2.24, 2.45) is 0 Å². The fourth-order valence-corrected chi connectivity index (χ4v) is 3.72. The summed E-state index contributed by atoms with van der Waals surface area (Å²) >= 11 is 0. The second-order valence-electron chi connectivity index (χ2n) is 7.81. The van der Waals surface area contributed by atoms with Gasteiger partial charge in [-0.25, -0.2) is 18.0 Å². The van der Waals surface area contributed by atoms with Gasteiger partial charge in [0.05, 0.1) is 29.2 Å². The molecule has 0 unspecified atom stereocenters. The van der Waals surface area contributed by atoms with Crippen LogP contribution in [-0.4, -0.2) is 92.6 Å². The Morgan fingerprint density at radius 1 is 1.06 bits per heavy atom. The predicted octanol–water partition coefficient (Wildman–Crippen LogP) is 1.82. The molecule has 4 N–H and O–H groups in total. The van der Waals surface area contributed by atoms with Crippen LogP contribution in [0.5, 0.6) is 0 Å². The molecule has 0 bridgehead atoms. The van der Waals surface area contributed by atoms with Crippen molar-refractivity contribution >= 4 is 39.2 Å². The van der Waals surface area contributed by atoms with E-state index in [1.807, 2.05) is 4.90 Å². The van der Waals surface area contributed by atoms with Crippen LogP contribution in [0.3, 0.4) is 0 Å². The van der Waals surface area contributed by atoms with Gasteiger partial charge in [0, 0.05) is 32.7 Å². The van der Waals surface area contributed by atoms with Crippen LogP contribution in [0.15, 0.2) is 18.2 Å². The van der Waals surface area contributed by atoms with E-state index < -0.39 is 28.1 Å². The molecule has 0 aromatic heterocycles. The Kier molecular flexibility index (Phi) is 11.9. The number of carboxylic acids is 2. The van der Waals surface area contributed by atoms with E-state index in [0.717, 1.165) is 12.8 Å². The predicted molar refractivity (Wildman–Crippen MR) is 127 cm³/mol. The first-order valence-electron chi connectivity index (χ1n) is 11.1. The molecule has 36 heavy (non-hydrogen) atoms. The molecule has 2 rings (SSSR count). The molecule has 0 spiro atoms. The molecule has 1 heterocycles. The Balaban J connectivity index is 0.000000809. The summed E-state index contributed by atoms with van der Waals surface area (Å²) in [6.45, 7) is 7.14. The normalized spacial score (nSPS) is 14.4. The number of unbranched alkanes of at least 4 members (excludes halogenated alkanes) is 1. The standard InChI is InChI=1S/C19H30N4O5S.C2HF3O2/c1-3-5-8-20-18(24)14-22-9-11-23(12-10-22)17-7-6-15(19(25)26)13-16(17)21-29(27,28)4-2;3-2(4,5)1(6)7/h6-7,13,21H,3-5,8-12,14H2,1-2H3,(H,20,24)(H,25,26);(H,6,7). The molecule has 15 heteroatoms. The summed E-state index contributed by atoms with van der Waals surface area (Å²) < 4.78 is 58.3. The number of nitrogens with one attached hydrogen (secondary N) is 2. The van der Waals surface area contributed by atoms with Gasteiger partial charge in [0.1, 0.15) is 0 Å². The van der Waals surface area contributed by atoms with Gasteiger partial charge in [0.25, 0.3) is 0 Å². The molecule has 1 aliphatic heterocycles. The third kappa shape index (κ3) is 10.7. The monoisotopic (exact) mass is 540 g/mol. The highest BCUT2D eigenvalue weighted by Crippen LogP contribution is 2.29. The quantitative estimate of drug-likeness (QED) is 0.325. The molecular formula is C21H31F3N4O7S. The Labute approximate surface area is 207 Å². The van der Waals surface area contributed by atoms with E-state index in [1.165, 1.54) is 19.1 Å². The molecular weight excluding hydrogens is 509 g/mol. The molecule has 11 nitrogen and oxygen atoms in total. The zero-order chi connectivity index (χ0) is 27.5. The summed E-state index contributed by atoms with van der Waals surface area (Å²) in [6, 6.07) is 4.44. The Morgan fingerprint density at radius 2 is 1.64 bits per heavy atom. The van der Waals surface area contributed by atoms with Gasteiger partial charge in [-0.3, -0.25) is 14.4 Å². The summed E-state index contributed by atoms with van der Waals surface area (Å²) in [6.07, 6.45) is -3.09. The number of benzene rings is 1. The van der Waals surface area contributed by atoms with Crippen LogP contribution in [0.2, 0.25) is 0 Å². The third-order valence-corrected chi connectivity index (χ3v) is 6.36. The SMILES string of the molecule is CCCCNC(=O)CN1CCN(c2ccc(C(=O)O)cc2NS(=O)(=O)CC)CC1.O=C(O)C(F)(F)F. The average molecular weight is 541 g/mol. The number of hydrogen-bond acceptors (Lipinski definition) is 7. The van der Waals surface area contributed by atoms with Crippen molar-refractivity contribution in [1.29, 1.82) is 0 Å². The second-order valence-corrected chi connectivity index (χ2v) is 9.82. The van der Waals surface area contributed by atoms with E-state index in [2.05, 4.69) is 21.9 Å². The van der Waals surface area contributed by atoms with Gasteiger partial charge in [-0.05, 0) is 31.5 Å². The van der Waals surface area contributed by atoms with E-state index in [4.69, 9.17) is 9.90 Å². The molecule has 1 amide bonds. The van der Waals surface area contributed by atoms with Gasteiger partial charge in [-0.2, -0.15) is 13.2 Å². The minimum atomic E-state index is -5.08. The minimum Gasteiger partial charge on any atom is -0.478 e. The average Bonchev–Trinajstić information content (AvgIpc) is 2.79. The molecule has 1 saturated heterocycles. The van der Waals surface area contributed by atoms with Crippen molar-refractivity contribution in [1.82, 2.24) is 10.2 Å². The molecule has 204 valence electrons. The summed E-state index contributed by atoms with van der Waals surface area (Å²) in [5.41, 5.74) is 0.918. The number of carbonyl (C=O) groups is 3. The van der Waals surface area contributed by atoms with Crippen LogP contribution in [0.25, 0.3) is 0 Å². The number of sulfonamides is 1. The fraction of sp³-hybridized carbons (Fsp3) is 0.571. The fourth-order valence-electron chi connectivity index (χ4n) is 3.08. The smallest absolute Gasteiger partial charge is 0.478 e. The minimum absolute atomic E-state index is 0.00843. The van der Waals surface area contributed by atoms with Crippen molar-refractivity contribution in [2.45, 2.75) is 32.9 Å². The number of piperazine rings is 1. The Hall–Kier alpha value is -3.07. The number of aliphatic carboxylic acids is 1. The Morgan fingerprint density at radius 3 is 2.11 bits per heavy atom. The van der Waals surface area contributed by atoms with E-state index in [-0.39, 0.29) is 22.9 Å². The number of halogens is 3. The number of alkyl halides is 3. The first-order valence-corrected chi connectivity index (χ1v) is 12.8. The maximum Gasteiger partial charge on any atom is 0.490 e. The summed E-state index contributed by atoms with van der Waals surface area (Å²) in [4.78, 5) is 36.2. The number of amides is 1. The lowest BCUT2D eigenvalue weighted by Gasteiger charge is -2.36. The van der Waals surface area contributed by atoms with Gasteiger partial charge < -0.3 is 20.4 Å². The lowest BCUT2D eigenvalue weighted by molar-refractivity contribution is -0.192. The van der Waals surface area contributed by atoms with Crippen LogP contribution in [0.4, 0.5) is 24.5 Å². The number of aromatic carboxylic acids is 1. The molecule has 0 atom stereocenters. The number of nitrogens with zero attached hydrogens (tertiary/aromatic N) is 2. The first-order chi connectivity index (χ1) is 16.7. The molecule has 0 saturated carbocycles. The molecule has 1 aromatic carbocycles. The second kappa shape index (κ2) is 13.9. The topological polar surface area (TPSA) is 156 Å². The Bertz CT molecular complexity index is 1010. The van der Waals surface area contributed by atoms with Crippen LogP contribution in [0, 0.1) is 0 Å². The summed E-state index contributed by atoms with van der Waals surface area (Å²) in [5, 5.41) is 19.3. The lowest BCUT2D eigenvalue weighted by Crippen LogP contribution is -2.49. The maximum absolute atomic E-state index is 12.0. The van der Waals surface area contributed by atoms with Gasteiger partial charge in [-0.15, -0.1) is 0 Å². The van der Waals surface area contributed by atoms with Crippen LogP contribution >= 0.6 is 0 Å². The number of carboxylic acid groups (broad SMARTS) is 2. The van der Waals surface area contributed by atoms with Crippen molar-refractivity contribution < 1.29 is 46.2 Å². The van der Waals surface area contributed by atoms with Crippen LogP contribution < -0.4 is 14.9 Å². The van der Waals surface area contributed by atoms with Gasteiger partial charge >= 0.3 is 18.1 Å². The van der Waals surface area contributed by atoms with Crippen molar-refractivity contribution in [3.05, 3.63) is 23.8 Å². The lowest BCUT2D eigenvalue weighted by atomic mass is 10.1. The molecule has 0 radical (unpaired) electrons. The van der Waals surface area contributed by atoms with E-state index in [1.54, 1.807) is 6.07 Å². The summed E-state index contributed by atoms with van der Waals surface area (Å²) in [5.74, 6) is -3.97. The zero-order valence-electron chi connectivity index (χ0n) is 20.0. The van der Waals surface area contributed by atoms with Crippen LogP contribution in [0.1, 0.15) is 37.0 Å². The number of anilines is 2. The summed E-state index contributed by atoms with van der Waals surface area (Å²) in [7, 11) is -3.55. The highest BCUT2D eigenvalue weighted by molar-refractivity contribution is 7.92. The van der Waals surface area contributed by atoms with Crippen molar-refractivity contribution in [3.8, 4) is 0 Å². The number of carbonyl (C=O) groups excluding carboxylic acids is 1. The van der Waals surface area contributed by atoms with Crippen molar-refractivity contribution in [3.63, 3.8) is 0 Å². The van der Waals surface area contributed by atoms with E-state index in [9.17, 15) is 36.3 Å². The number of rotatable bonds is 10. The van der Waals surface area contributed by atoms with Crippen molar-refractivity contribution in [2.75, 3.05) is 54.6 Å². The number of hydrogen-bond donors (Lipinski definition) is 4. The van der Waals surface area contributed by atoms with E-state index >= 15 is 0 Å². The molecule has 1 fully saturated rings. The third-order valence-electron chi connectivity index (χ3n) is 5.06. The molecule has 0 aliphatic carbocycles. The highest BCUT2D eigenvalue weighted by atomic mass is 32.2. The van der Waals surface area contributed by atoms with E-state index in [0.29, 0.717) is 45.0 Å². The highest BCUT2D eigenvalue weighted by Gasteiger charge is 2.38. The largest absolute Gasteiger partial charge is 0.490 e. The maximum atomic E-state index is 12.0. The first kappa shape index (κ1) is 31.0. The zero-order valence-corrected chi connectivity index (χ0v) is 20.8. The molecule has 1 aliphatic rings. The van der Waals surface area contributed by atoms with Crippen LogP contribution in [-0.2, 0) is 19.6 Å².